The minimum atomic E-state index is -3.69. The quantitative estimate of drug-likeness (QED) is 0.744. The molecule has 0 fully saturated rings. The zero-order chi connectivity index (χ0) is 11.2. The molecule has 0 aromatic heterocycles. The number of hydrogen-bond donors (Lipinski definition) is 2. The van der Waals surface area contributed by atoms with Gasteiger partial charge >= 0.3 is 12.1 Å². The second-order valence-electron chi connectivity index (χ2n) is 3.12. The van der Waals surface area contributed by atoms with Crippen LogP contribution < -0.4 is 4.74 Å². The largest absolute Gasteiger partial charge is 0.478 e. The van der Waals surface area contributed by atoms with E-state index in [9.17, 15) is 13.6 Å². The predicted molar refractivity (Wildman–Crippen MR) is 43.9 cm³/mol. The molecule has 0 radical (unpaired) electrons. The second-order valence-corrected chi connectivity index (χ2v) is 3.12. The Morgan fingerprint density at radius 3 is 2.73 bits per heavy atom. The first kappa shape index (κ1) is 9.85. The van der Waals surface area contributed by atoms with Gasteiger partial charge in [-0.3, -0.25) is 0 Å². The standard InChI is InChI=1S/C9H6F2O4/c10-9(11)7(12)5-3-4(8(13)14)1-2-6(5)15-9/h1-3,7,12H,(H,13,14). The summed E-state index contributed by atoms with van der Waals surface area (Å²) in [5.74, 6) is -1.45. The highest BCUT2D eigenvalue weighted by Gasteiger charge is 2.49. The van der Waals surface area contributed by atoms with Gasteiger partial charge < -0.3 is 14.9 Å². The van der Waals surface area contributed by atoms with Crippen molar-refractivity contribution in [1.29, 1.82) is 0 Å². The summed E-state index contributed by atoms with van der Waals surface area (Å²) in [6.45, 7) is 0. The number of fused-ring (bicyclic) bond motifs is 1. The number of benzene rings is 1. The van der Waals surface area contributed by atoms with Crippen molar-refractivity contribution >= 4 is 5.97 Å². The van der Waals surface area contributed by atoms with E-state index in [2.05, 4.69) is 4.74 Å². The summed E-state index contributed by atoms with van der Waals surface area (Å²) in [6.07, 6.45) is -5.81. The monoisotopic (exact) mass is 216 g/mol. The number of aromatic carboxylic acids is 1. The Balaban J connectivity index is 2.49. The summed E-state index contributed by atoms with van der Waals surface area (Å²) < 4.78 is 29.9. The highest BCUT2D eigenvalue weighted by Crippen LogP contribution is 2.45. The summed E-state index contributed by atoms with van der Waals surface area (Å²) >= 11 is 0. The number of aliphatic hydroxyl groups is 1. The van der Waals surface area contributed by atoms with Crippen LogP contribution in [0.1, 0.15) is 22.0 Å². The van der Waals surface area contributed by atoms with E-state index in [0.717, 1.165) is 18.2 Å². The Morgan fingerprint density at radius 1 is 1.47 bits per heavy atom. The average Bonchev–Trinajstić information content (AvgIpc) is 2.37. The van der Waals surface area contributed by atoms with E-state index in [1.165, 1.54) is 0 Å². The molecule has 2 N–H and O–H groups in total. The third kappa shape index (κ3) is 1.42. The van der Waals surface area contributed by atoms with E-state index in [1.807, 2.05) is 0 Å². The molecule has 1 aromatic carbocycles. The Kier molecular flexibility index (Phi) is 1.90. The van der Waals surface area contributed by atoms with Crippen LogP contribution in [0, 0.1) is 0 Å². The summed E-state index contributed by atoms with van der Waals surface area (Å²) in [4.78, 5) is 10.6. The minimum absolute atomic E-state index is 0.172. The molecule has 0 aliphatic carbocycles. The van der Waals surface area contributed by atoms with Crippen molar-refractivity contribution in [1.82, 2.24) is 0 Å². The van der Waals surface area contributed by atoms with Gasteiger partial charge in [-0.25, -0.2) is 4.79 Å². The number of halogens is 2. The fourth-order valence-electron chi connectivity index (χ4n) is 1.37. The van der Waals surface area contributed by atoms with Gasteiger partial charge in [-0.15, -0.1) is 0 Å². The zero-order valence-electron chi connectivity index (χ0n) is 7.28. The number of aliphatic hydroxyl groups excluding tert-OH is 1. The Hall–Kier alpha value is -1.69. The summed E-state index contributed by atoms with van der Waals surface area (Å²) in [5, 5.41) is 17.8. The molecule has 1 aliphatic heterocycles. The molecule has 0 spiro atoms. The third-order valence-corrected chi connectivity index (χ3v) is 2.12. The Labute approximate surface area is 82.7 Å². The summed E-state index contributed by atoms with van der Waals surface area (Å²) in [6, 6.07) is 3.21. The number of carboxylic acids is 1. The number of rotatable bonds is 1. The lowest BCUT2D eigenvalue weighted by Gasteiger charge is -2.11. The van der Waals surface area contributed by atoms with E-state index in [0.29, 0.717) is 0 Å². The smallest absolute Gasteiger partial charge is 0.429 e. The summed E-state index contributed by atoms with van der Waals surface area (Å²) in [5.41, 5.74) is -0.381. The van der Waals surface area contributed by atoms with Crippen molar-refractivity contribution in [3.8, 4) is 5.75 Å². The normalized spacial score (nSPS) is 21.9. The van der Waals surface area contributed by atoms with Gasteiger partial charge in [0.2, 0.25) is 0 Å². The molecule has 0 saturated carbocycles. The molecule has 0 bridgehead atoms. The molecule has 0 saturated heterocycles. The Morgan fingerprint density at radius 2 is 2.13 bits per heavy atom. The van der Waals surface area contributed by atoms with E-state index in [1.54, 1.807) is 0 Å². The average molecular weight is 216 g/mol. The van der Waals surface area contributed by atoms with E-state index >= 15 is 0 Å². The van der Waals surface area contributed by atoms with Crippen molar-refractivity contribution in [3.63, 3.8) is 0 Å². The van der Waals surface area contributed by atoms with Crippen molar-refractivity contribution < 1.29 is 28.5 Å². The Bertz CT molecular complexity index is 430. The molecule has 1 aliphatic rings. The van der Waals surface area contributed by atoms with E-state index < -0.39 is 18.2 Å². The topological polar surface area (TPSA) is 66.8 Å². The maximum atomic E-state index is 12.8. The molecule has 1 aromatic rings. The number of ether oxygens (including phenoxy) is 1. The lowest BCUT2D eigenvalue weighted by molar-refractivity contribution is -0.224. The third-order valence-electron chi connectivity index (χ3n) is 2.12. The fourth-order valence-corrected chi connectivity index (χ4v) is 1.37. The molecule has 2 rings (SSSR count). The van der Waals surface area contributed by atoms with Gasteiger partial charge in [-0.05, 0) is 18.2 Å². The maximum Gasteiger partial charge on any atom is 0.429 e. The van der Waals surface area contributed by atoms with Gasteiger partial charge in [-0.1, -0.05) is 0 Å². The van der Waals surface area contributed by atoms with Gasteiger partial charge in [0.25, 0.3) is 0 Å². The first-order valence-corrected chi connectivity index (χ1v) is 4.04. The zero-order valence-corrected chi connectivity index (χ0v) is 7.28. The van der Waals surface area contributed by atoms with Crippen molar-refractivity contribution in [2.45, 2.75) is 12.2 Å². The lowest BCUT2D eigenvalue weighted by Crippen LogP contribution is -2.26. The van der Waals surface area contributed by atoms with Crippen LogP contribution in [-0.2, 0) is 0 Å². The second kappa shape index (κ2) is 2.90. The molecule has 6 heteroatoms. The molecule has 1 heterocycles. The predicted octanol–water partition coefficient (Wildman–Crippen LogP) is 1.40. The molecule has 80 valence electrons. The number of carbonyl (C=O) groups is 1. The van der Waals surface area contributed by atoms with Crippen LogP contribution in [0.25, 0.3) is 0 Å². The SMILES string of the molecule is O=C(O)c1ccc2c(c1)C(O)C(F)(F)O2. The highest BCUT2D eigenvalue weighted by atomic mass is 19.3. The lowest BCUT2D eigenvalue weighted by atomic mass is 10.1. The van der Waals surface area contributed by atoms with Crippen LogP contribution in [0.5, 0.6) is 5.75 Å². The van der Waals surface area contributed by atoms with Gasteiger partial charge in [0.05, 0.1) is 5.56 Å². The van der Waals surface area contributed by atoms with Crippen LogP contribution in [0.15, 0.2) is 18.2 Å². The molecular formula is C9H6F2O4. The van der Waals surface area contributed by atoms with E-state index in [-0.39, 0.29) is 16.9 Å². The minimum Gasteiger partial charge on any atom is -0.478 e. The molecule has 1 atom stereocenters. The fraction of sp³-hybridized carbons (Fsp3) is 0.222. The van der Waals surface area contributed by atoms with Crippen LogP contribution in [0.2, 0.25) is 0 Å². The van der Waals surface area contributed by atoms with Crippen LogP contribution in [0.4, 0.5) is 8.78 Å². The molecule has 4 nitrogen and oxygen atoms in total. The van der Waals surface area contributed by atoms with Crippen molar-refractivity contribution in [3.05, 3.63) is 29.3 Å². The van der Waals surface area contributed by atoms with Gasteiger partial charge in [-0.2, -0.15) is 8.78 Å². The number of hydrogen-bond acceptors (Lipinski definition) is 3. The first-order chi connectivity index (χ1) is 6.92. The number of carboxylic acid groups (broad SMARTS) is 1. The van der Waals surface area contributed by atoms with Gasteiger partial charge in [0.1, 0.15) is 5.75 Å². The van der Waals surface area contributed by atoms with E-state index in [4.69, 9.17) is 10.2 Å². The highest BCUT2D eigenvalue weighted by molar-refractivity contribution is 5.88. The molecule has 15 heavy (non-hydrogen) atoms. The van der Waals surface area contributed by atoms with Crippen LogP contribution >= 0.6 is 0 Å². The van der Waals surface area contributed by atoms with Gasteiger partial charge in [0, 0.05) is 5.56 Å². The maximum absolute atomic E-state index is 12.8. The molecule has 1 unspecified atom stereocenters. The first-order valence-electron chi connectivity index (χ1n) is 4.04. The van der Waals surface area contributed by atoms with Crippen LogP contribution in [-0.4, -0.2) is 22.3 Å². The molecule has 0 amide bonds. The summed E-state index contributed by atoms with van der Waals surface area (Å²) in [7, 11) is 0. The van der Waals surface area contributed by atoms with Crippen molar-refractivity contribution in [2.75, 3.05) is 0 Å². The van der Waals surface area contributed by atoms with Gasteiger partial charge in [0.15, 0.2) is 6.10 Å². The van der Waals surface area contributed by atoms with Crippen molar-refractivity contribution in [2.24, 2.45) is 0 Å². The van der Waals surface area contributed by atoms with Crippen LogP contribution in [0.3, 0.4) is 0 Å². The number of alkyl halides is 2. The molecular weight excluding hydrogens is 210 g/mol.